The summed E-state index contributed by atoms with van der Waals surface area (Å²) in [6.45, 7) is 0. The monoisotopic (exact) mass is 289 g/mol. The Bertz CT molecular complexity index is 344. The molecule has 1 aromatic carbocycles. The summed E-state index contributed by atoms with van der Waals surface area (Å²) in [5.41, 5.74) is 0.632. The van der Waals surface area contributed by atoms with Crippen molar-refractivity contribution in [1.29, 1.82) is 5.26 Å². The molecule has 0 spiro atoms. The average molecular weight is 291 g/mol. The predicted octanol–water partition coefficient (Wildman–Crippen LogP) is 2.98. The van der Waals surface area contributed by atoms with Crippen LogP contribution in [0, 0.1) is 11.3 Å². The zero-order valence-electron chi connectivity index (χ0n) is 6.01. The molecule has 0 radical (unpaired) electrons. The number of hydrogen-bond acceptors (Lipinski definition) is 2. The molecule has 0 atom stereocenters. The zero-order valence-corrected chi connectivity index (χ0v) is 9.18. The molecule has 4 heteroatoms. The van der Waals surface area contributed by atoms with Crippen LogP contribution in [-0.2, 0) is 6.42 Å². The van der Waals surface area contributed by atoms with Crippen LogP contribution in [0.15, 0.2) is 21.1 Å². The smallest absolute Gasteiger partial charge is 0.135 e. The van der Waals surface area contributed by atoms with Gasteiger partial charge in [0.1, 0.15) is 5.75 Å². The van der Waals surface area contributed by atoms with Crippen LogP contribution in [0.4, 0.5) is 0 Å². The van der Waals surface area contributed by atoms with Crippen molar-refractivity contribution in [1.82, 2.24) is 0 Å². The first-order valence-corrected chi connectivity index (χ1v) is 4.78. The molecule has 1 N–H and O–H groups in total. The van der Waals surface area contributed by atoms with Crippen LogP contribution in [0.1, 0.15) is 5.56 Å². The van der Waals surface area contributed by atoms with Gasteiger partial charge in [0.25, 0.3) is 0 Å². The number of phenols is 1. The SMILES string of the molecule is N#CCc1ccc(Br)c(Br)c1O. The first-order valence-electron chi connectivity index (χ1n) is 3.19. The molecule has 62 valence electrons. The molecule has 0 aromatic heterocycles. The van der Waals surface area contributed by atoms with Crippen molar-refractivity contribution >= 4 is 31.9 Å². The molecule has 0 fully saturated rings. The lowest BCUT2D eigenvalue weighted by molar-refractivity contribution is 0.466. The molecule has 0 saturated heterocycles. The van der Waals surface area contributed by atoms with Crippen molar-refractivity contribution in [2.75, 3.05) is 0 Å². The quantitative estimate of drug-likeness (QED) is 0.864. The third-order valence-electron chi connectivity index (χ3n) is 1.42. The van der Waals surface area contributed by atoms with Crippen molar-refractivity contribution in [2.45, 2.75) is 6.42 Å². The lowest BCUT2D eigenvalue weighted by atomic mass is 10.1. The van der Waals surface area contributed by atoms with Crippen molar-refractivity contribution in [2.24, 2.45) is 0 Å². The number of rotatable bonds is 1. The van der Waals surface area contributed by atoms with Crippen LogP contribution in [0.2, 0.25) is 0 Å². The molecule has 0 amide bonds. The number of nitrogens with zero attached hydrogens (tertiary/aromatic N) is 1. The Kier molecular flexibility index (Phi) is 3.12. The Labute approximate surface area is 87.1 Å². The molecule has 0 bridgehead atoms. The summed E-state index contributed by atoms with van der Waals surface area (Å²) >= 11 is 6.44. The lowest BCUT2D eigenvalue weighted by Crippen LogP contribution is -1.84. The van der Waals surface area contributed by atoms with E-state index in [9.17, 15) is 5.11 Å². The summed E-state index contributed by atoms with van der Waals surface area (Å²) in [4.78, 5) is 0. The highest BCUT2D eigenvalue weighted by atomic mass is 79.9. The molecule has 0 unspecified atom stereocenters. The van der Waals surface area contributed by atoms with E-state index in [1.807, 2.05) is 6.07 Å². The van der Waals surface area contributed by atoms with E-state index >= 15 is 0 Å². The van der Waals surface area contributed by atoms with Crippen molar-refractivity contribution < 1.29 is 5.11 Å². The van der Waals surface area contributed by atoms with Crippen LogP contribution in [0.3, 0.4) is 0 Å². The van der Waals surface area contributed by atoms with Gasteiger partial charge in [0.15, 0.2) is 0 Å². The summed E-state index contributed by atoms with van der Waals surface area (Å²) in [5.74, 6) is 0.130. The number of aromatic hydroxyl groups is 1. The average Bonchev–Trinajstić information content (AvgIpc) is 2.07. The standard InChI is InChI=1S/C8H5Br2NO/c9-6-2-1-5(3-4-11)8(12)7(6)10/h1-2,12H,3H2. The molecule has 2 nitrogen and oxygen atoms in total. The molecule has 12 heavy (non-hydrogen) atoms. The number of nitriles is 1. The van der Waals surface area contributed by atoms with Gasteiger partial charge in [-0.25, -0.2) is 0 Å². The predicted molar refractivity (Wildman–Crippen MR) is 52.8 cm³/mol. The van der Waals surface area contributed by atoms with Crippen LogP contribution >= 0.6 is 31.9 Å². The Morgan fingerprint density at radius 3 is 2.67 bits per heavy atom. The molecule has 0 heterocycles. The maximum Gasteiger partial charge on any atom is 0.135 e. The van der Waals surface area contributed by atoms with E-state index in [2.05, 4.69) is 31.9 Å². The van der Waals surface area contributed by atoms with E-state index in [0.29, 0.717) is 10.0 Å². The van der Waals surface area contributed by atoms with Gasteiger partial charge in [-0.3, -0.25) is 0 Å². The number of phenolic OH excluding ortho intramolecular Hbond substituents is 1. The van der Waals surface area contributed by atoms with E-state index in [0.717, 1.165) is 4.47 Å². The molecule has 0 aliphatic carbocycles. The minimum absolute atomic E-state index is 0.130. The summed E-state index contributed by atoms with van der Waals surface area (Å²) in [5, 5.41) is 17.9. The Hall–Kier alpha value is -0.530. The first kappa shape index (κ1) is 9.56. The molecular formula is C8H5Br2NO. The van der Waals surface area contributed by atoms with Gasteiger partial charge in [0, 0.05) is 10.0 Å². The fourth-order valence-corrected chi connectivity index (χ4v) is 1.51. The van der Waals surface area contributed by atoms with Gasteiger partial charge in [0.05, 0.1) is 17.0 Å². The third-order valence-corrected chi connectivity index (χ3v) is 3.42. The lowest BCUT2D eigenvalue weighted by Gasteiger charge is -2.03. The zero-order chi connectivity index (χ0) is 9.14. The van der Waals surface area contributed by atoms with Gasteiger partial charge in [-0.15, -0.1) is 0 Å². The molecule has 0 aliphatic rings. The largest absolute Gasteiger partial charge is 0.506 e. The number of halogens is 2. The van der Waals surface area contributed by atoms with Gasteiger partial charge in [-0.05, 0) is 37.9 Å². The summed E-state index contributed by atoms with van der Waals surface area (Å²) in [6, 6.07) is 5.48. The van der Waals surface area contributed by atoms with E-state index < -0.39 is 0 Å². The van der Waals surface area contributed by atoms with Crippen molar-refractivity contribution in [3.63, 3.8) is 0 Å². The molecular weight excluding hydrogens is 286 g/mol. The minimum Gasteiger partial charge on any atom is -0.506 e. The Balaban J connectivity index is 3.19. The normalized spacial score (nSPS) is 9.42. The second-order valence-electron chi connectivity index (χ2n) is 2.20. The summed E-state index contributed by atoms with van der Waals surface area (Å²) in [6.07, 6.45) is 0.220. The van der Waals surface area contributed by atoms with Crippen LogP contribution in [-0.4, -0.2) is 5.11 Å². The highest BCUT2D eigenvalue weighted by molar-refractivity contribution is 9.13. The van der Waals surface area contributed by atoms with Crippen LogP contribution in [0.5, 0.6) is 5.75 Å². The maximum atomic E-state index is 9.48. The topological polar surface area (TPSA) is 44.0 Å². The summed E-state index contributed by atoms with van der Waals surface area (Å²) < 4.78 is 1.37. The van der Waals surface area contributed by atoms with E-state index in [-0.39, 0.29) is 12.2 Å². The third kappa shape index (κ3) is 1.79. The van der Waals surface area contributed by atoms with E-state index in [1.54, 1.807) is 12.1 Å². The van der Waals surface area contributed by atoms with Crippen LogP contribution in [0.25, 0.3) is 0 Å². The second kappa shape index (κ2) is 3.92. The van der Waals surface area contributed by atoms with Gasteiger partial charge in [-0.1, -0.05) is 6.07 Å². The number of benzene rings is 1. The fourth-order valence-electron chi connectivity index (χ4n) is 0.808. The summed E-state index contributed by atoms with van der Waals surface area (Å²) in [7, 11) is 0. The van der Waals surface area contributed by atoms with Gasteiger partial charge < -0.3 is 5.11 Å². The second-order valence-corrected chi connectivity index (χ2v) is 3.85. The van der Waals surface area contributed by atoms with Crippen LogP contribution < -0.4 is 0 Å². The molecule has 1 rings (SSSR count). The fraction of sp³-hybridized carbons (Fsp3) is 0.125. The van der Waals surface area contributed by atoms with Crippen molar-refractivity contribution in [3.8, 4) is 11.8 Å². The highest BCUT2D eigenvalue weighted by Crippen LogP contribution is 2.34. The maximum absolute atomic E-state index is 9.48. The van der Waals surface area contributed by atoms with Gasteiger partial charge in [0.2, 0.25) is 0 Å². The van der Waals surface area contributed by atoms with Gasteiger partial charge in [-0.2, -0.15) is 5.26 Å². The molecule has 1 aromatic rings. The highest BCUT2D eigenvalue weighted by Gasteiger charge is 2.07. The van der Waals surface area contributed by atoms with Gasteiger partial charge >= 0.3 is 0 Å². The van der Waals surface area contributed by atoms with E-state index in [1.165, 1.54) is 0 Å². The molecule has 0 aliphatic heterocycles. The minimum atomic E-state index is 0.130. The first-order chi connectivity index (χ1) is 5.66. The Morgan fingerprint density at radius 1 is 1.42 bits per heavy atom. The number of hydrogen-bond donors (Lipinski definition) is 1. The van der Waals surface area contributed by atoms with E-state index in [4.69, 9.17) is 5.26 Å². The Morgan fingerprint density at radius 2 is 2.08 bits per heavy atom. The van der Waals surface area contributed by atoms with Crippen molar-refractivity contribution in [3.05, 3.63) is 26.6 Å². The molecule has 0 saturated carbocycles.